The van der Waals surface area contributed by atoms with E-state index in [0.29, 0.717) is 0 Å². The smallest absolute Gasteiger partial charge is 0.124 e. The molecule has 1 fully saturated rings. The van der Waals surface area contributed by atoms with E-state index in [-0.39, 0.29) is 0 Å². The van der Waals surface area contributed by atoms with E-state index in [0.717, 1.165) is 23.8 Å². The maximum Gasteiger partial charge on any atom is 0.124 e. The Kier molecular flexibility index (Phi) is 5.68. The lowest BCUT2D eigenvalue weighted by molar-refractivity contribution is 0.316. The Hall–Kier alpha value is -1.69. The fourth-order valence-corrected chi connectivity index (χ4v) is 5.03. The predicted octanol–water partition coefficient (Wildman–Crippen LogP) is 5.49. The second-order valence-corrected chi connectivity index (χ2v) is 8.68. The van der Waals surface area contributed by atoms with Crippen LogP contribution in [0.5, 0.6) is 0 Å². The van der Waals surface area contributed by atoms with Crippen LogP contribution in [0.1, 0.15) is 30.5 Å². The molecule has 1 aliphatic rings. The van der Waals surface area contributed by atoms with E-state index in [9.17, 15) is 0 Å². The van der Waals surface area contributed by atoms with Gasteiger partial charge in [-0.3, -0.25) is 4.90 Å². The summed E-state index contributed by atoms with van der Waals surface area (Å²) in [7, 11) is 2.17. The fraction of sp³-hybridized carbons (Fsp3) is 0.381. The van der Waals surface area contributed by atoms with Gasteiger partial charge in [0, 0.05) is 48.2 Å². The van der Waals surface area contributed by atoms with E-state index in [2.05, 4.69) is 63.3 Å². The zero-order valence-corrected chi connectivity index (χ0v) is 16.9. The van der Waals surface area contributed by atoms with Crippen molar-refractivity contribution in [2.24, 2.45) is 0 Å². The van der Waals surface area contributed by atoms with Crippen molar-refractivity contribution >= 4 is 28.4 Å². The summed E-state index contributed by atoms with van der Waals surface area (Å²) in [6.45, 7) is 4.24. The van der Waals surface area contributed by atoms with Crippen molar-refractivity contribution in [1.29, 1.82) is 0 Å². The number of nitrogens with zero attached hydrogens (tertiary/aromatic N) is 3. The van der Waals surface area contributed by atoms with Gasteiger partial charge < -0.3 is 4.90 Å². The highest BCUT2D eigenvalue weighted by molar-refractivity contribution is 7.14. The monoisotopic (exact) mass is 383 g/mol. The molecular formula is C21H25N3S2. The van der Waals surface area contributed by atoms with Gasteiger partial charge in [0.2, 0.25) is 0 Å². The van der Waals surface area contributed by atoms with Gasteiger partial charge >= 0.3 is 0 Å². The molecule has 3 nitrogen and oxygen atoms in total. The first-order valence-corrected chi connectivity index (χ1v) is 11.1. The number of aromatic nitrogens is 1. The molecule has 0 unspecified atom stereocenters. The lowest BCUT2D eigenvalue weighted by Gasteiger charge is -2.29. The molecule has 0 spiro atoms. The molecule has 0 N–H and O–H groups in total. The molecule has 0 saturated carbocycles. The van der Waals surface area contributed by atoms with Gasteiger partial charge in [0.15, 0.2) is 0 Å². The summed E-state index contributed by atoms with van der Waals surface area (Å²) in [6.07, 6.45) is 4.03. The minimum absolute atomic E-state index is 0.883. The van der Waals surface area contributed by atoms with E-state index in [1.165, 1.54) is 49.2 Å². The molecule has 3 heterocycles. The maximum absolute atomic E-state index is 4.79. The molecule has 0 bridgehead atoms. The molecule has 4 rings (SSSR count). The number of thiophene rings is 1. The van der Waals surface area contributed by atoms with Crippen molar-refractivity contribution in [2.45, 2.75) is 32.4 Å². The Bertz CT molecular complexity index is 802. The van der Waals surface area contributed by atoms with Crippen molar-refractivity contribution in [3.8, 4) is 10.6 Å². The Morgan fingerprint density at radius 3 is 2.54 bits per heavy atom. The summed E-state index contributed by atoms with van der Waals surface area (Å²) >= 11 is 3.46. The first-order chi connectivity index (χ1) is 12.8. The Labute approximate surface area is 163 Å². The lowest BCUT2D eigenvalue weighted by Crippen LogP contribution is -2.29. The van der Waals surface area contributed by atoms with Crippen LogP contribution in [0.25, 0.3) is 10.6 Å². The number of hydrogen-bond acceptors (Lipinski definition) is 5. The van der Waals surface area contributed by atoms with Crippen molar-refractivity contribution in [1.82, 2.24) is 9.88 Å². The molecule has 0 aliphatic carbocycles. The summed E-state index contributed by atoms with van der Waals surface area (Å²) in [4.78, 5) is 9.63. The van der Waals surface area contributed by atoms with Gasteiger partial charge in [0.25, 0.3) is 0 Å². The Morgan fingerprint density at radius 1 is 1.00 bits per heavy atom. The average molecular weight is 384 g/mol. The van der Waals surface area contributed by atoms with Crippen molar-refractivity contribution in [2.75, 3.05) is 25.0 Å². The van der Waals surface area contributed by atoms with E-state index < -0.39 is 0 Å². The molecule has 0 radical (unpaired) electrons. The number of benzene rings is 1. The number of piperidine rings is 1. The second-order valence-electron chi connectivity index (χ2n) is 7.04. The number of anilines is 1. The van der Waals surface area contributed by atoms with Crippen LogP contribution in [0.4, 0.5) is 5.69 Å². The van der Waals surface area contributed by atoms with Crippen LogP contribution >= 0.6 is 22.7 Å². The van der Waals surface area contributed by atoms with Gasteiger partial charge in [-0.05, 0) is 55.5 Å². The van der Waals surface area contributed by atoms with E-state index in [1.807, 2.05) is 0 Å². The summed E-state index contributed by atoms with van der Waals surface area (Å²) < 4.78 is 0. The SMILES string of the molecule is CN(Cc1ccc(N2CCCCC2)cc1)Cc1csc(-c2ccsc2)n1. The minimum atomic E-state index is 0.883. The average Bonchev–Trinajstić information content (AvgIpc) is 3.35. The van der Waals surface area contributed by atoms with Gasteiger partial charge in [0.05, 0.1) is 5.69 Å². The molecule has 5 heteroatoms. The zero-order valence-electron chi connectivity index (χ0n) is 15.2. The number of thiazole rings is 1. The second kappa shape index (κ2) is 8.33. The highest BCUT2D eigenvalue weighted by atomic mass is 32.1. The summed E-state index contributed by atoms with van der Waals surface area (Å²) in [6, 6.07) is 11.3. The van der Waals surface area contributed by atoms with Gasteiger partial charge in [-0.15, -0.1) is 11.3 Å². The number of rotatable bonds is 6. The molecule has 2 aromatic heterocycles. The van der Waals surface area contributed by atoms with Crippen LogP contribution in [0, 0.1) is 0 Å². The van der Waals surface area contributed by atoms with Gasteiger partial charge in [-0.1, -0.05) is 12.1 Å². The van der Waals surface area contributed by atoms with Gasteiger partial charge in [-0.2, -0.15) is 11.3 Å². The van der Waals surface area contributed by atoms with Crippen LogP contribution in [-0.2, 0) is 13.1 Å². The Morgan fingerprint density at radius 2 is 1.81 bits per heavy atom. The first-order valence-electron chi connectivity index (χ1n) is 9.27. The zero-order chi connectivity index (χ0) is 17.8. The quantitative estimate of drug-likeness (QED) is 0.561. The van der Waals surface area contributed by atoms with Crippen molar-refractivity contribution < 1.29 is 0 Å². The lowest BCUT2D eigenvalue weighted by atomic mass is 10.1. The van der Waals surface area contributed by atoms with E-state index in [4.69, 9.17) is 4.98 Å². The highest BCUT2D eigenvalue weighted by Gasteiger charge is 2.11. The molecule has 1 aromatic carbocycles. The standard InChI is InChI=1S/C21H25N3S2/c1-23(14-19-16-26-21(22-19)18-9-12-25-15-18)13-17-5-7-20(8-6-17)24-10-3-2-4-11-24/h5-9,12,15-16H,2-4,10-11,13-14H2,1H3. The molecule has 1 saturated heterocycles. The largest absolute Gasteiger partial charge is 0.372 e. The van der Waals surface area contributed by atoms with Crippen molar-refractivity contribution in [3.63, 3.8) is 0 Å². The normalized spacial score (nSPS) is 14.9. The topological polar surface area (TPSA) is 19.4 Å². The summed E-state index contributed by atoms with van der Waals surface area (Å²) in [5, 5.41) is 7.58. The van der Waals surface area contributed by atoms with Crippen LogP contribution in [0.2, 0.25) is 0 Å². The van der Waals surface area contributed by atoms with E-state index in [1.54, 1.807) is 22.7 Å². The van der Waals surface area contributed by atoms with Crippen LogP contribution in [0.3, 0.4) is 0 Å². The molecule has 0 atom stereocenters. The summed E-state index contributed by atoms with van der Waals surface area (Å²) in [5.74, 6) is 0. The Balaban J connectivity index is 1.33. The third kappa shape index (κ3) is 4.34. The van der Waals surface area contributed by atoms with Gasteiger partial charge in [-0.25, -0.2) is 4.98 Å². The third-order valence-corrected chi connectivity index (χ3v) is 6.49. The van der Waals surface area contributed by atoms with Crippen molar-refractivity contribution in [3.05, 3.63) is 57.7 Å². The molecular weight excluding hydrogens is 358 g/mol. The third-order valence-electron chi connectivity index (χ3n) is 4.86. The molecule has 1 aliphatic heterocycles. The molecule has 0 amide bonds. The molecule has 26 heavy (non-hydrogen) atoms. The molecule has 3 aromatic rings. The van der Waals surface area contributed by atoms with Crippen LogP contribution in [-0.4, -0.2) is 30.0 Å². The molecule has 136 valence electrons. The first kappa shape index (κ1) is 17.7. The number of hydrogen-bond donors (Lipinski definition) is 0. The van der Waals surface area contributed by atoms with Gasteiger partial charge in [0.1, 0.15) is 5.01 Å². The summed E-state index contributed by atoms with van der Waals surface area (Å²) in [5.41, 5.74) is 5.13. The van der Waals surface area contributed by atoms with Crippen LogP contribution < -0.4 is 4.90 Å². The fourth-order valence-electron chi connectivity index (χ4n) is 3.51. The van der Waals surface area contributed by atoms with Crippen LogP contribution in [0.15, 0.2) is 46.5 Å². The van der Waals surface area contributed by atoms with E-state index >= 15 is 0 Å². The highest BCUT2D eigenvalue weighted by Crippen LogP contribution is 2.26. The maximum atomic E-state index is 4.79. The predicted molar refractivity (Wildman–Crippen MR) is 113 cm³/mol. The minimum Gasteiger partial charge on any atom is -0.372 e.